The fraction of sp³-hybridized carbons (Fsp3) is 1.00. The summed E-state index contributed by atoms with van der Waals surface area (Å²) < 4.78 is 0. The molecule has 0 amide bonds. The molecule has 24 valence electrons. The normalized spacial score (nSPS) is 4.50. The van der Waals surface area contributed by atoms with E-state index in [0.29, 0.717) is 9.52 Å². The van der Waals surface area contributed by atoms with Gasteiger partial charge in [0.1, 0.15) is 0 Å². The molecule has 0 unspecified atom stereocenters. The van der Waals surface area contributed by atoms with E-state index in [1.165, 1.54) is 0 Å². The van der Waals surface area contributed by atoms with Gasteiger partial charge in [-0.2, -0.15) is 0 Å². The molecule has 0 nitrogen and oxygen atoms in total. The van der Waals surface area contributed by atoms with Crippen LogP contribution >= 0.6 is 0 Å². The van der Waals surface area contributed by atoms with Crippen molar-refractivity contribution >= 4 is 9.52 Å². The Balaban J connectivity index is 0. The standard InChI is InChI=1S/C2H8Si.Ti/c1-3-2;/h3H2,1-2H3;. The molecule has 0 aliphatic heterocycles. The summed E-state index contributed by atoms with van der Waals surface area (Å²) in [6, 6.07) is 0. The van der Waals surface area contributed by atoms with Crippen LogP contribution in [-0.2, 0) is 21.7 Å². The second-order valence-electron chi connectivity index (χ2n) is 0.707. The van der Waals surface area contributed by atoms with E-state index >= 15 is 0 Å². The predicted octanol–water partition coefficient (Wildman–Crippen LogP) is 0.249. The summed E-state index contributed by atoms with van der Waals surface area (Å²) in [5, 5.41) is 0. The first-order valence-corrected chi connectivity index (χ1v) is 4.24. The predicted molar refractivity (Wildman–Crippen MR) is 20.3 cm³/mol. The molecule has 0 bridgehead atoms. The van der Waals surface area contributed by atoms with E-state index in [1.54, 1.807) is 0 Å². The third-order valence-electron chi connectivity index (χ3n) is 0. The third kappa shape index (κ3) is 12.6. The second-order valence-corrected chi connectivity index (χ2v) is 2.12. The molecule has 0 radical (unpaired) electrons. The summed E-state index contributed by atoms with van der Waals surface area (Å²) in [7, 11) is 0.417. The van der Waals surface area contributed by atoms with E-state index in [2.05, 4.69) is 13.1 Å². The van der Waals surface area contributed by atoms with Gasteiger partial charge in [0, 0.05) is 31.2 Å². The Morgan fingerprint density at radius 1 is 1.25 bits per heavy atom. The third-order valence-corrected chi connectivity index (χ3v) is 0. The van der Waals surface area contributed by atoms with E-state index in [1.807, 2.05) is 0 Å². The van der Waals surface area contributed by atoms with Crippen LogP contribution in [0.15, 0.2) is 0 Å². The van der Waals surface area contributed by atoms with Gasteiger partial charge in [-0.1, -0.05) is 13.1 Å². The molecule has 0 aliphatic carbocycles. The maximum Gasteiger partial charge on any atom is 0.0135 e. The number of rotatable bonds is 0. The molecular weight excluding hydrogens is 100.0 g/mol. The summed E-state index contributed by atoms with van der Waals surface area (Å²) in [6.07, 6.45) is 0. The molecule has 4 heavy (non-hydrogen) atoms. The summed E-state index contributed by atoms with van der Waals surface area (Å²) >= 11 is 0. The Morgan fingerprint density at radius 3 is 1.25 bits per heavy atom. The van der Waals surface area contributed by atoms with Crippen LogP contribution in [0.2, 0.25) is 13.1 Å². The molecule has 0 heterocycles. The molecule has 0 fully saturated rings. The minimum absolute atomic E-state index is 0. The van der Waals surface area contributed by atoms with Crippen LogP contribution < -0.4 is 0 Å². The van der Waals surface area contributed by atoms with E-state index in [0.717, 1.165) is 0 Å². The van der Waals surface area contributed by atoms with Crippen molar-refractivity contribution in [1.82, 2.24) is 0 Å². The van der Waals surface area contributed by atoms with E-state index in [-0.39, 0.29) is 21.7 Å². The maximum absolute atomic E-state index is 2.26. The zero-order valence-corrected chi connectivity index (χ0v) is 6.18. The van der Waals surface area contributed by atoms with Gasteiger partial charge < -0.3 is 0 Å². The molecular formula is C2H8SiTi. The summed E-state index contributed by atoms with van der Waals surface area (Å²) in [4.78, 5) is 0. The van der Waals surface area contributed by atoms with E-state index in [9.17, 15) is 0 Å². The molecule has 0 aliphatic rings. The van der Waals surface area contributed by atoms with Gasteiger partial charge in [0.05, 0.1) is 0 Å². The Hall–Kier alpha value is 0.931. The van der Waals surface area contributed by atoms with Crippen LogP contribution in [0, 0.1) is 0 Å². The van der Waals surface area contributed by atoms with Crippen molar-refractivity contribution in [3.8, 4) is 0 Å². The molecule has 0 aromatic rings. The number of hydrogen-bond acceptors (Lipinski definition) is 0. The molecule has 0 saturated carbocycles. The van der Waals surface area contributed by atoms with Crippen LogP contribution in [0.4, 0.5) is 0 Å². The first-order valence-electron chi connectivity index (χ1n) is 1.41. The first-order chi connectivity index (χ1) is 1.41. The van der Waals surface area contributed by atoms with Crippen molar-refractivity contribution in [2.45, 2.75) is 13.1 Å². The molecule has 0 spiro atoms. The summed E-state index contributed by atoms with van der Waals surface area (Å²) in [5.74, 6) is 0. The van der Waals surface area contributed by atoms with Gasteiger partial charge in [-0.05, 0) is 0 Å². The Labute approximate surface area is 44.7 Å². The topological polar surface area (TPSA) is 0 Å². The van der Waals surface area contributed by atoms with Crippen molar-refractivity contribution < 1.29 is 21.7 Å². The van der Waals surface area contributed by atoms with Crippen LogP contribution in [0.5, 0.6) is 0 Å². The van der Waals surface area contributed by atoms with Crippen molar-refractivity contribution in [1.29, 1.82) is 0 Å². The molecule has 0 rings (SSSR count). The van der Waals surface area contributed by atoms with Gasteiger partial charge in [0.15, 0.2) is 0 Å². The quantitative estimate of drug-likeness (QED) is 0.390. The monoisotopic (exact) mass is 108 g/mol. The minimum Gasteiger partial charge on any atom is -0.0750 e. The fourth-order valence-corrected chi connectivity index (χ4v) is 0. The molecule has 2 heteroatoms. The van der Waals surface area contributed by atoms with Gasteiger partial charge in [0.2, 0.25) is 0 Å². The molecule has 0 atom stereocenters. The van der Waals surface area contributed by atoms with Crippen LogP contribution in [0.1, 0.15) is 0 Å². The average molecular weight is 108 g/mol. The maximum atomic E-state index is 2.26. The van der Waals surface area contributed by atoms with Gasteiger partial charge in [-0.25, -0.2) is 0 Å². The van der Waals surface area contributed by atoms with E-state index in [4.69, 9.17) is 0 Å². The molecule has 0 aromatic heterocycles. The minimum atomic E-state index is 0. The van der Waals surface area contributed by atoms with Crippen LogP contribution in [0.3, 0.4) is 0 Å². The van der Waals surface area contributed by atoms with E-state index < -0.39 is 0 Å². The van der Waals surface area contributed by atoms with Gasteiger partial charge in [-0.3, -0.25) is 0 Å². The van der Waals surface area contributed by atoms with Crippen molar-refractivity contribution in [3.63, 3.8) is 0 Å². The van der Waals surface area contributed by atoms with Gasteiger partial charge >= 0.3 is 0 Å². The van der Waals surface area contributed by atoms with Gasteiger partial charge in [0.25, 0.3) is 0 Å². The zero-order valence-electron chi connectivity index (χ0n) is 3.21. The summed E-state index contributed by atoms with van der Waals surface area (Å²) in [5.41, 5.74) is 0. The number of hydrogen-bond donors (Lipinski definition) is 0. The first kappa shape index (κ1) is 8.87. The Kier molecular flexibility index (Phi) is 20.1. The summed E-state index contributed by atoms with van der Waals surface area (Å²) in [6.45, 7) is 4.53. The SMILES string of the molecule is C[SiH2]C.[Ti]. The van der Waals surface area contributed by atoms with Crippen molar-refractivity contribution in [3.05, 3.63) is 0 Å². The largest absolute Gasteiger partial charge is 0.0750 e. The molecule has 0 aromatic carbocycles. The second kappa shape index (κ2) is 9.06. The molecule has 0 N–H and O–H groups in total. The Bertz CT molecular complexity index is 6.00. The van der Waals surface area contributed by atoms with Crippen molar-refractivity contribution in [2.24, 2.45) is 0 Å². The smallest absolute Gasteiger partial charge is 0.0135 e. The van der Waals surface area contributed by atoms with Gasteiger partial charge in [-0.15, -0.1) is 0 Å². The van der Waals surface area contributed by atoms with Crippen molar-refractivity contribution in [2.75, 3.05) is 0 Å². The fourth-order valence-electron chi connectivity index (χ4n) is 0. The van der Waals surface area contributed by atoms with Crippen LogP contribution in [0.25, 0.3) is 0 Å². The molecule has 0 saturated heterocycles. The van der Waals surface area contributed by atoms with Crippen LogP contribution in [-0.4, -0.2) is 9.52 Å². The Morgan fingerprint density at radius 2 is 1.25 bits per heavy atom. The zero-order chi connectivity index (χ0) is 2.71. The average Bonchev–Trinajstić information content (AvgIpc) is 0.918.